The number of para-hydroxylation sites is 1. The van der Waals surface area contributed by atoms with E-state index in [1.165, 1.54) is 0 Å². The third-order valence-electron chi connectivity index (χ3n) is 3.11. The molecule has 1 heterocycles. The summed E-state index contributed by atoms with van der Waals surface area (Å²) in [6.07, 6.45) is 0. The Balaban J connectivity index is 2.26. The maximum Gasteiger partial charge on any atom is 0.163 e. The van der Waals surface area contributed by atoms with Crippen molar-refractivity contribution in [3.63, 3.8) is 0 Å². The third kappa shape index (κ3) is 4.26. The summed E-state index contributed by atoms with van der Waals surface area (Å²) in [7, 11) is 1.67. The maximum absolute atomic E-state index is 5.40. The van der Waals surface area contributed by atoms with Gasteiger partial charge in [0.05, 0.1) is 18.4 Å². The molecule has 2 rings (SSSR count). The number of hydrogen-bond acceptors (Lipinski definition) is 4. The molecule has 0 amide bonds. The monoisotopic (exact) mass is 285 g/mol. The summed E-state index contributed by atoms with van der Waals surface area (Å²) in [5.41, 5.74) is 2.89. The predicted octanol–water partition coefficient (Wildman–Crippen LogP) is 3.21. The van der Waals surface area contributed by atoms with Crippen LogP contribution in [0, 0.1) is 12.8 Å². The minimum Gasteiger partial charge on any atom is -0.496 e. The van der Waals surface area contributed by atoms with Gasteiger partial charge in [-0.2, -0.15) is 0 Å². The number of nitrogens with one attached hydrogen (secondary N) is 1. The molecule has 1 N–H and O–H groups in total. The van der Waals surface area contributed by atoms with Gasteiger partial charge in [0.2, 0.25) is 0 Å². The van der Waals surface area contributed by atoms with Crippen molar-refractivity contribution >= 4 is 0 Å². The lowest BCUT2D eigenvalue weighted by Gasteiger charge is -2.11. The fraction of sp³-hybridized carbons (Fsp3) is 0.412. The highest BCUT2D eigenvalue weighted by Gasteiger charge is 2.10. The number of methoxy groups -OCH3 is 1. The minimum absolute atomic E-state index is 0.627. The first-order chi connectivity index (χ1) is 10.1. The van der Waals surface area contributed by atoms with Gasteiger partial charge < -0.3 is 10.1 Å². The van der Waals surface area contributed by atoms with Crippen molar-refractivity contribution in [2.45, 2.75) is 27.3 Å². The summed E-state index contributed by atoms with van der Waals surface area (Å²) >= 11 is 0. The van der Waals surface area contributed by atoms with E-state index in [9.17, 15) is 0 Å². The summed E-state index contributed by atoms with van der Waals surface area (Å²) in [5.74, 6) is 2.14. The molecule has 0 spiro atoms. The van der Waals surface area contributed by atoms with Crippen LogP contribution in [0.4, 0.5) is 0 Å². The molecule has 21 heavy (non-hydrogen) atoms. The molecular formula is C17H23N3O. The number of aromatic nitrogens is 2. The largest absolute Gasteiger partial charge is 0.496 e. The van der Waals surface area contributed by atoms with Crippen LogP contribution in [0.2, 0.25) is 0 Å². The van der Waals surface area contributed by atoms with Gasteiger partial charge in [-0.1, -0.05) is 26.0 Å². The Morgan fingerprint density at radius 2 is 1.95 bits per heavy atom. The second-order valence-corrected chi connectivity index (χ2v) is 5.55. The average Bonchev–Trinajstić information content (AvgIpc) is 2.46. The topological polar surface area (TPSA) is 47.0 Å². The summed E-state index contributed by atoms with van der Waals surface area (Å²) in [4.78, 5) is 9.19. The summed E-state index contributed by atoms with van der Waals surface area (Å²) < 4.78 is 5.40. The lowest BCUT2D eigenvalue weighted by molar-refractivity contribution is 0.416. The zero-order chi connectivity index (χ0) is 15.2. The van der Waals surface area contributed by atoms with Crippen molar-refractivity contribution in [1.82, 2.24) is 15.3 Å². The highest BCUT2D eigenvalue weighted by molar-refractivity contribution is 5.64. The molecule has 0 saturated heterocycles. The minimum atomic E-state index is 0.627. The van der Waals surface area contributed by atoms with Crippen LogP contribution in [-0.4, -0.2) is 23.6 Å². The second-order valence-electron chi connectivity index (χ2n) is 5.55. The van der Waals surface area contributed by atoms with Crippen LogP contribution in [0.25, 0.3) is 11.4 Å². The predicted molar refractivity (Wildman–Crippen MR) is 85.3 cm³/mol. The Morgan fingerprint density at radius 3 is 2.67 bits per heavy atom. The van der Waals surface area contributed by atoms with Crippen molar-refractivity contribution in [3.8, 4) is 17.1 Å². The lowest BCUT2D eigenvalue weighted by atomic mass is 10.1. The number of benzene rings is 1. The van der Waals surface area contributed by atoms with Crippen molar-refractivity contribution in [1.29, 1.82) is 0 Å². The fourth-order valence-corrected chi connectivity index (χ4v) is 2.16. The molecule has 0 bridgehead atoms. The van der Waals surface area contributed by atoms with E-state index in [-0.39, 0.29) is 0 Å². The van der Waals surface area contributed by atoms with Crippen LogP contribution >= 0.6 is 0 Å². The summed E-state index contributed by atoms with van der Waals surface area (Å²) in [6, 6.07) is 9.85. The first-order valence-corrected chi connectivity index (χ1v) is 7.29. The van der Waals surface area contributed by atoms with E-state index in [4.69, 9.17) is 4.74 Å². The van der Waals surface area contributed by atoms with Gasteiger partial charge in [0.25, 0.3) is 0 Å². The van der Waals surface area contributed by atoms with Gasteiger partial charge >= 0.3 is 0 Å². The zero-order valence-corrected chi connectivity index (χ0v) is 13.2. The van der Waals surface area contributed by atoms with E-state index < -0.39 is 0 Å². The Labute approximate surface area is 126 Å². The molecule has 0 atom stereocenters. The van der Waals surface area contributed by atoms with Crippen LogP contribution in [0.1, 0.15) is 25.2 Å². The molecule has 0 fully saturated rings. The van der Waals surface area contributed by atoms with E-state index in [1.54, 1.807) is 7.11 Å². The Hall–Kier alpha value is -1.94. The molecule has 0 unspecified atom stereocenters. The standard InChI is InChI=1S/C17H23N3O/c1-12(2)10-18-11-14-9-13(3)19-17(20-14)15-7-5-6-8-16(15)21-4/h5-9,12,18H,10-11H2,1-4H3. The quantitative estimate of drug-likeness (QED) is 0.885. The first-order valence-electron chi connectivity index (χ1n) is 7.29. The highest BCUT2D eigenvalue weighted by Crippen LogP contribution is 2.27. The Bertz CT molecular complexity index is 596. The smallest absolute Gasteiger partial charge is 0.163 e. The van der Waals surface area contributed by atoms with Crippen LogP contribution in [0.3, 0.4) is 0 Å². The van der Waals surface area contributed by atoms with Crippen LogP contribution in [0.15, 0.2) is 30.3 Å². The molecule has 1 aromatic carbocycles. The molecule has 4 heteroatoms. The molecule has 0 aliphatic heterocycles. The van der Waals surface area contributed by atoms with E-state index in [0.717, 1.165) is 35.8 Å². The molecule has 0 saturated carbocycles. The van der Waals surface area contributed by atoms with Gasteiger partial charge in [0.1, 0.15) is 5.75 Å². The highest BCUT2D eigenvalue weighted by atomic mass is 16.5. The number of nitrogens with zero attached hydrogens (tertiary/aromatic N) is 2. The number of aryl methyl sites for hydroxylation is 1. The molecule has 0 aliphatic rings. The van der Waals surface area contributed by atoms with Crippen LogP contribution in [-0.2, 0) is 6.54 Å². The third-order valence-corrected chi connectivity index (χ3v) is 3.11. The number of ether oxygens (including phenoxy) is 1. The average molecular weight is 285 g/mol. The maximum atomic E-state index is 5.40. The summed E-state index contributed by atoms with van der Waals surface area (Å²) in [5, 5.41) is 3.41. The summed E-state index contributed by atoms with van der Waals surface area (Å²) in [6.45, 7) is 8.11. The van der Waals surface area contributed by atoms with Crippen LogP contribution in [0.5, 0.6) is 5.75 Å². The fourth-order valence-electron chi connectivity index (χ4n) is 2.16. The van der Waals surface area contributed by atoms with Crippen molar-refractivity contribution in [2.75, 3.05) is 13.7 Å². The molecule has 2 aromatic rings. The molecule has 4 nitrogen and oxygen atoms in total. The molecule has 0 radical (unpaired) electrons. The SMILES string of the molecule is COc1ccccc1-c1nc(C)cc(CNCC(C)C)n1. The van der Waals surface area contributed by atoms with E-state index in [0.29, 0.717) is 11.7 Å². The lowest BCUT2D eigenvalue weighted by Crippen LogP contribution is -2.20. The Kier molecular flexibility index (Phi) is 5.28. The first kappa shape index (κ1) is 15.4. The van der Waals surface area contributed by atoms with Crippen molar-refractivity contribution in [2.24, 2.45) is 5.92 Å². The van der Waals surface area contributed by atoms with Gasteiger partial charge in [-0.3, -0.25) is 0 Å². The molecular weight excluding hydrogens is 262 g/mol. The molecule has 112 valence electrons. The van der Waals surface area contributed by atoms with Gasteiger partial charge in [-0.25, -0.2) is 9.97 Å². The number of hydrogen-bond donors (Lipinski definition) is 1. The Morgan fingerprint density at radius 1 is 1.19 bits per heavy atom. The zero-order valence-electron chi connectivity index (χ0n) is 13.2. The van der Waals surface area contributed by atoms with E-state index in [1.807, 2.05) is 37.3 Å². The van der Waals surface area contributed by atoms with Crippen molar-refractivity contribution in [3.05, 3.63) is 41.7 Å². The normalized spacial score (nSPS) is 10.9. The van der Waals surface area contributed by atoms with E-state index >= 15 is 0 Å². The van der Waals surface area contributed by atoms with Gasteiger partial charge in [-0.15, -0.1) is 0 Å². The van der Waals surface area contributed by atoms with E-state index in [2.05, 4.69) is 29.1 Å². The molecule has 1 aromatic heterocycles. The van der Waals surface area contributed by atoms with Gasteiger partial charge in [0, 0.05) is 12.2 Å². The van der Waals surface area contributed by atoms with Crippen LogP contribution < -0.4 is 10.1 Å². The molecule has 0 aliphatic carbocycles. The second kappa shape index (κ2) is 7.18. The van der Waals surface area contributed by atoms with Crippen molar-refractivity contribution < 1.29 is 4.74 Å². The number of rotatable bonds is 6. The van der Waals surface area contributed by atoms with Gasteiger partial charge in [0.15, 0.2) is 5.82 Å². The van der Waals surface area contributed by atoms with Gasteiger partial charge in [-0.05, 0) is 37.6 Å².